The van der Waals surface area contributed by atoms with Crippen LogP contribution in [-0.2, 0) is 6.61 Å². The van der Waals surface area contributed by atoms with Crippen molar-refractivity contribution in [3.8, 4) is 11.1 Å². The van der Waals surface area contributed by atoms with Crippen molar-refractivity contribution in [3.05, 3.63) is 45.7 Å². The molecule has 0 aliphatic carbocycles. The van der Waals surface area contributed by atoms with Crippen LogP contribution in [0.5, 0.6) is 0 Å². The van der Waals surface area contributed by atoms with Gasteiger partial charge in [0.15, 0.2) is 11.6 Å². The first-order valence-electron chi connectivity index (χ1n) is 6.31. The van der Waals surface area contributed by atoms with Gasteiger partial charge in [-0.2, -0.15) is 0 Å². The molecule has 3 N–H and O–H groups in total. The molecule has 3 rings (SSSR count). The third-order valence-electron chi connectivity index (χ3n) is 3.38. The zero-order valence-electron chi connectivity index (χ0n) is 10.8. The summed E-state index contributed by atoms with van der Waals surface area (Å²) in [5, 5.41) is 15.7. The van der Waals surface area contributed by atoms with Gasteiger partial charge in [-0.15, -0.1) is 11.3 Å². The summed E-state index contributed by atoms with van der Waals surface area (Å²) in [5.74, 6) is -1.91. The Kier molecular flexibility index (Phi) is 3.60. The van der Waals surface area contributed by atoms with Crippen LogP contribution in [0, 0.1) is 11.6 Å². The molecule has 1 unspecified atom stereocenters. The smallest absolute Gasteiger partial charge is 0.315 e. The lowest BCUT2D eigenvalue weighted by atomic mass is 10.0. The van der Waals surface area contributed by atoms with Gasteiger partial charge in [-0.1, -0.05) is 12.1 Å². The Hall–Kier alpha value is -1.99. The summed E-state index contributed by atoms with van der Waals surface area (Å²) >= 11 is 1.28. The summed E-state index contributed by atoms with van der Waals surface area (Å²) in [5.41, 5.74) is 0.789. The van der Waals surface area contributed by atoms with Crippen molar-refractivity contribution in [2.45, 2.75) is 12.6 Å². The first-order chi connectivity index (χ1) is 10.1. The number of carbonyl (C=O) groups is 1. The number of hydrogen-bond acceptors (Lipinski definition) is 3. The van der Waals surface area contributed by atoms with Crippen LogP contribution >= 0.6 is 11.3 Å². The lowest BCUT2D eigenvalue weighted by Gasteiger charge is -2.12. The molecule has 1 aliphatic heterocycles. The summed E-state index contributed by atoms with van der Waals surface area (Å²) in [4.78, 5) is 11.8. The number of benzene rings is 1. The number of urea groups is 1. The number of aliphatic hydroxyl groups is 1. The third-order valence-corrected chi connectivity index (χ3v) is 4.30. The molecule has 21 heavy (non-hydrogen) atoms. The van der Waals surface area contributed by atoms with E-state index in [2.05, 4.69) is 10.6 Å². The number of thiophene rings is 1. The minimum absolute atomic E-state index is 0.118. The van der Waals surface area contributed by atoms with E-state index < -0.39 is 23.7 Å². The maximum absolute atomic E-state index is 14.2. The Balaban J connectivity index is 1.98. The number of nitrogens with one attached hydrogen (secondary N) is 2. The van der Waals surface area contributed by atoms with Crippen molar-refractivity contribution in [3.63, 3.8) is 0 Å². The lowest BCUT2D eigenvalue weighted by molar-refractivity contribution is 0.247. The molecular weight excluding hydrogens is 298 g/mol. The quantitative estimate of drug-likeness (QED) is 0.816. The number of carbonyl (C=O) groups excluding carboxylic acids is 1. The van der Waals surface area contributed by atoms with Crippen molar-refractivity contribution in [1.29, 1.82) is 0 Å². The van der Waals surface area contributed by atoms with Crippen molar-refractivity contribution in [1.82, 2.24) is 10.6 Å². The van der Waals surface area contributed by atoms with Crippen molar-refractivity contribution in [2.24, 2.45) is 0 Å². The molecule has 0 spiro atoms. The molecule has 0 bridgehead atoms. The topological polar surface area (TPSA) is 61.4 Å². The summed E-state index contributed by atoms with van der Waals surface area (Å²) in [6.07, 6.45) is 0. The van der Waals surface area contributed by atoms with E-state index in [0.717, 1.165) is 0 Å². The first kappa shape index (κ1) is 14.0. The summed E-state index contributed by atoms with van der Waals surface area (Å²) in [6, 6.07) is 3.62. The molecule has 1 aliphatic rings. The van der Waals surface area contributed by atoms with Gasteiger partial charge in [-0.05, 0) is 17.0 Å². The fraction of sp³-hybridized carbons (Fsp3) is 0.214. The van der Waals surface area contributed by atoms with Crippen LogP contribution in [0.1, 0.15) is 16.5 Å². The molecule has 110 valence electrons. The largest absolute Gasteiger partial charge is 0.391 e. The predicted molar refractivity (Wildman–Crippen MR) is 74.9 cm³/mol. The van der Waals surface area contributed by atoms with Crippen molar-refractivity contribution in [2.75, 3.05) is 6.54 Å². The molecule has 2 aromatic rings. The molecule has 2 heterocycles. The Morgan fingerprint density at radius 2 is 2.14 bits per heavy atom. The predicted octanol–water partition coefficient (Wildman–Crippen LogP) is 2.54. The van der Waals surface area contributed by atoms with Gasteiger partial charge in [-0.25, -0.2) is 13.6 Å². The van der Waals surface area contributed by atoms with Gasteiger partial charge < -0.3 is 15.7 Å². The SMILES string of the molecule is O=C1NCC(c2ccc(-c3csc(CO)c3)c(F)c2F)N1. The van der Waals surface area contributed by atoms with E-state index in [1.54, 1.807) is 11.4 Å². The van der Waals surface area contributed by atoms with E-state index in [-0.39, 0.29) is 24.3 Å². The highest BCUT2D eigenvalue weighted by Gasteiger charge is 2.26. The average molecular weight is 310 g/mol. The molecule has 4 nitrogen and oxygen atoms in total. The zero-order valence-corrected chi connectivity index (χ0v) is 11.6. The van der Waals surface area contributed by atoms with E-state index in [9.17, 15) is 13.6 Å². The second-order valence-electron chi connectivity index (χ2n) is 4.70. The average Bonchev–Trinajstić information content (AvgIpc) is 3.10. The van der Waals surface area contributed by atoms with Gasteiger partial charge in [0.1, 0.15) is 0 Å². The Morgan fingerprint density at radius 1 is 1.33 bits per heavy atom. The zero-order chi connectivity index (χ0) is 15.0. The highest BCUT2D eigenvalue weighted by Crippen LogP contribution is 2.32. The monoisotopic (exact) mass is 310 g/mol. The van der Waals surface area contributed by atoms with E-state index in [4.69, 9.17) is 5.11 Å². The lowest BCUT2D eigenvalue weighted by Crippen LogP contribution is -2.22. The van der Waals surface area contributed by atoms with Gasteiger partial charge in [-0.3, -0.25) is 0 Å². The summed E-state index contributed by atoms with van der Waals surface area (Å²) in [6.45, 7) is 0.0915. The molecule has 2 amide bonds. The molecule has 1 saturated heterocycles. The van der Waals surface area contributed by atoms with Crippen LogP contribution < -0.4 is 10.6 Å². The molecule has 1 aromatic heterocycles. The molecule has 1 fully saturated rings. The van der Waals surface area contributed by atoms with Crippen LogP contribution in [0.2, 0.25) is 0 Å². The summed E-state index contributed by atoms with van der Waals surface area (Å²) in [7, 11) is 0. The van der Waals surface area contributed by atoms with E-state index in [1.165, 1.54) is 23.5 Å². The van der Waals surface area contributed by atoms with E-state index in [0.29, 0.717) is 10.4 Å². The normalized spacial score (nSPS) is 17.7. The fourth-order valence-corrected chi connectivity index (χ4v) is 3.05. The van der Waals surface area contributed by atoms with Crippen molar-refractivity contribution >= 4 is 17.4 Å². The maximum Gasteiger partial charge on any atom is 0.315 e. The molecule has 7 heteroatoms. The minimum Gasteiger partial charge on any atom is -0.391 e. The second kappa shape index (κ2) is 5.42. The minimum atomic E-state index is -0.960. The maximum atomic E-state index is 14.2. The van der Waals surface area contributed by atoms with Crippen molar-refractivity contribution < 1.29 is 18.7 Å². The van der Waals surface area contributed by atoms with Crippen LogP contribution in [0.4, 0.5) is 13.6 Å². The van der Waals surface area contributed by atoms with Crippen LogP contribution in [0.3, 0.4) is 0 Å². The molecule has 1 atom stereocenters. The molecular formula is C14H12F2N2O2S. The molecule has 1 aromatic carbocycles. The molecule has 0 saturated carbocycles. The first-order valence-corrected chi connectivity index (χ1v) is 7.19. The number of halogens is 2. The van der Waals surface area contributed by atoms with Gasteiger partial charge in [0.2, 0.25) is 0 Å². The number of amides is 2. The fourth-order valence-electron chi connectivity index (χ4n) is 2.30. The highest BCUT2D eigenvalue weighted by atomic mass is 32.1. The Labute approximate surface area is 123 Å². The van der Waals surface area contributed by atoms with Crippen LogP contribution in [0.25, 0.3) is 11.1 Å². The number of aliphatic hydroxyl groups excluding tert-OH is 1. The van der Waals surface area contributed by atoms with Crippen LogP contribution in [0.15, 0.2) is 23.6 Å². The third kappa shape index (κ3) is 2.50. The number of rotatable bonds is 3. The Morgan fingerprint density at radius 3 is 2.76 bits per heavy atom. The second-order valence-corrected chi connectivity index (χ2v) is 5.69. The van der Waals surface area contributed by atoms with Gasteiger partial charge >= 0.3 is 6.03 Å². The van der Waals surface area contributed by atoms with Gasteiger partial charge in [0.05, 0.1) is 12.6 Å². The summed E-state index contributed by atoms with van der Waals surface area (Å²) < 4.78 is 28.5. The van der Waals surface area contributed by atoms with E-state index >= 15 is 0 Å². The van der Waals surface area contributed by atoms with E-state index in [1.807, 2.05) is 0 Å². The number of hydrogen-bond donors (Lipinski definition) is 3. The van der Waals surface area contributed by atoms with Crippen LogP contribution in [-0.4, -0.2) is 17.7 Å². The van der Waals surface area contributed by atoms with Gasteiger partial charge in [0, 0.05) is 22.5 Å². The standard InChI is InChI=1S/C14H12F2N2O2S/c15-12-9(7-3-8(5-19)21-6-7)1-2-10(13(12)16)11-4-17-14(20)18-11/h1-3,6,11,19H,4-5H2,(H2,17,18,20). The molecule has 0 radical (unpaired) electrons. The van der Waals surface area contributed by atoms with Gasteiger partial charge in [0.25, 0.3) is 0 Å². The highest BCUT2D eigenvalue weighted by molar-refractivity contribution is 7.10. The Bertz CT molecular complexity index is 702.